The summed E-state index contributed by atoms with van der Waals surface area (Å²) in [4.78, 5) is 27.8. The van der Waals surface area contributed by atoms with Crippen LogP contribution < -0.4 is 10.2 Å². The van der Waals surface area contributed by atoms with Crippen molar-refractivity contribution in [2.45, 2.75) is 12.8 Å². The lowest BCUT2D eigenvalue weighted by atomic mass is 9.97. The van der Waals surface area contributed by atoms with E-state index in [4.69, 9.17) is 0 Å². The van der Waals surface area contributed by atoms with Gasteiger partial charge in [0.15, 0.2) is 0 Å². The number of benzene rings is 1. The van der Waals surface area contributed by atoms with Crippen molar-refractivity contribution in [3.05, 3.63) is 55.0 Å². The van der Waals surface area contributed by atoms with Crippen LogP contribution in [-0.2, 0) is 4.79 Å². The van der Waals surface area contributed by atoms with E-state index in [1.165, 1.54) is 0 Å². The maximum atomic E-state index is 12.7. The summed E-state index contributed by atoms with van der Waals surface area (Å²) in [5, 5.41) is 4.03. The average Bonchev–Trinajstić information content (AvgIpc) is 2.69. The molecule has 0 radical (unpaired) electrons. The van der Waals surface area contributed by atoms with Gasteiger partial charge in [-0.05, 0) is 31.0 Å². The predicted molar refractivity (Wildman–Crippen MR) is 97.3 cm³/mol. The van der Waals surface area contributed by atoms with E-state index in [1.807, 2.05) is 36.4 Å². The quantitative estimate of drug-likeness (QED) is 0.798. The number of piperidine rings is 1. The first-order chi connectivity index (χ1) is 12.3. The van der Waals surface area contributed by atoms with Crippen molar-refractivity contribution < 1.29 is 4.79 Å². The van der Waals surface area contributed by atoms with E-state index in [1.54, 1.807) is 18.6 Å². The minimum atomic E-state index is -0.0796. The number of hydrogen-bond donors (Lipinski definition) is 1. The summed E-state index contributed by atoms with van der Waals surface area (Å²) >= 11 is 0. The van der Waals surface area contributed by atoms with Crippen LogP contribution in [0.15, 0.2) is 55.0 Å². The summed E-state index contributed by atoms with van der Waals surface area (Å²) in [5.41, 5.74) is 0.880. The van der Waals surface area contributed by atoms with Gasteiger partial charge in [0, 0.05) is 30.9 Å². The Kier molecular flexibility index (Phi) is 4.24. The first-order valence-corrected chi connectivity index (χ1v) is 8.47. The fourth-order valence-corrected chi connectivity index (χ4v) is 3.22. The summed E-state index contributed by atoms with van der Waals surface area (Å²) in [6.45, 7) is 1.55. The molecule has 1 aliphatic heterocycles. The average molecular weight is 333 g/mol. The molecule has 3 heterocycles. The van der Waals surface area contributed by atoms with Gasteiger partial charge < -0.3 is 10.2 Å². The van der Waals surface area contributed by atoms with Crippen molar-refractivity contribution in [2.24, 2.45) is 5.92 Å². The molecule has 4 rings (SSSR count). The van der Waals surface area contributed by atoms with E-state index < -0.39 is 0 Å². The second-order valence-electron chi connectivity index (χ2n) is 6.23. The molecule has 6 nitrogen and oxygen atoms in total. The summed E-state index contributed by atoms with van der Waals surface area (Å²) in [6.07, 6.45) is 6.90. The second-order valence-corrected chi connectivity index (χ2v) is 6.23. The molecule has 3 aromatic rings. The van der Waals surface area contributed by atoms with Crippen molar-refractivity contribution in [1.82, 2.24) is 15.0 Å². The van der Waals surface area contributed by atoms with Crippen molar-refractivity contribution >= 4 is 28.4 Å². The molecule has 0 spiro atoms. The van der Waals surface area contributed by atoms with Gasteiger partial charge >= 0.3 is 0 Å². The van der Waals surface area contributed by atoms with E-state index >= 15 is 0 Å². The summed E-state index contributed by atoms with van der Waals surface area (Å²) in [7, 11) is 0. The lowest BCUT2D eigenvalue weighted by molar-refractivity contribution is -0.120. The van der Waals surface area contributed by atoms with E-state index in [9.17, 15) is 4.79 Å². The Balaban J connectivity index is 1.46. The molecule has 6 heteroatoms. The highest BCUT2D eigenvalue weighted by molar-refractivity contribution is 5.93. The molecule has 1 aliphatic rings. The van der Waals surface area contributed by atoms with Gasteiger partial charge in [-0.3, -0.25) is 9.78 Å². The number of pyridine rings is 1. The Bertz CT molecular complexity index is 883. The van der Waals surface area contributed by atoms with Gasteiger partial charge in [0.25, 0.3) is 0 Å². The van der Waals surface area contributed by atoms with Gasteiger partial charge in [-0.2, -0.15) is 0 Å². The SMILES string of the molecule is O=C(Nc1ccc2ccccc2n1)[C@H]1CCCN(c2cnccn2)C1. The third kappa shape index (κ3) is 3.42. The molecule has 1 aromatic carbocycles. The summed E-state index contributed by atoms with van der Waals surface area (Å²) in [5.74, 6) is 1.35. The Morgan fingerprint density at radius 2 is 2.08 bits per heavy atom. The zero-order valence-corrected chi connectivity index (χ0v) is 13.8. The fraction of sp³-hybridized carbons (Fsp3) is 0.263. The number of carbonyl (C=O) groups is 1. The highest BCUT2D eigenvalue weighted by Gasteiger charge is 2.26. The molecule has 25 heavy (non-hydrogen) atoms. The topological polar surface area (TPSA) is 71.0 Å². The lowest BCUT2D eigenvalue weighted by Gasteiger charge is -2.32. The molecule has 1 amide bonds. The first kappa shape index (κ1) is 15.5. The zero-order valence-electron chi connectivity index (χ0n) is 13.8. The zero-order chi connectivity index (χ0) is 17.1. The van der Waals surface area contributed by atoms with Crippen LogP contribution in [0, 0.1) is 5.92 Å². The van der Waals surface area contributed by atoms with Crippen LogP contribution in [0.5, 0.6) is 0 Å². The molecule has 1 saturated heterocycles. The Hall–Kier alpha value is -3.02. The molecule has 0 unspecified atom stereocenters. The van der Waals surface area contributed by atoms with Crippen LogP contribution in [0.1, 0.15) is 12.8 Å². The standard InChI is InChI=1S/C19H19N5O/c25-19(23-17-8-7-14-4-1-2-6-16(14)22-17)15-5-3-11-24(13-15)18-12-20-9-10-21-18/h1-2,4,6-10,12,15H,3,5,11,13H2,(H,22,23,25)/t15-/m0/s1. The molecule has 1 atom stereocenters. The summed E-state index contributed by atoms with van der Waals surface area (Å²) < 4.78 is 0. The van der Waals surface area contributed by atoms with E-state index in [0.717, 1.165) is 36.1 Å². The van der Waals surface area contributed by atoms with Crippen LogP contribution in [0.4, 0.5) is 11.6 Å². The van der Waals surface area contributed by atoms with Crippen molar-refractivity contribution in [3.8, 4) is 0 Å². The van der Waals surface area contributed by atoms with Gasteiger partial charge in [-0.1, -0.05) is 18.2 Å². The van der Waals surface area contributed by atoms with Crippen LogP contribution in [-0.4, -0.2) is 33.9 Å². The molecular weight excluding hydrogens is 314 g/mol. The number of nitrogens with one attached hydrogen (secondary N) is 1. The monoisotopic (exact) mass is 333 g/mol. The molecule has 0 aliphatic carbocycles. The Morgan fingerprint density at radius 3 is 2.96 bits per heavy atom. The molecular formula is C19H19N5O. The molecule has 126 valence electrons. The van der Waals surface area contributed by atoms with Gasteiger partial charge in [-0.15, -0.1) is 0 Å². The lowest BCUT2D eigenvalue weighted by Crippen LogP contribution is -2.41. The number of carbonyl (C=O) groups excluding carboxylic acids is 1. The third-order valence-corrected chi connectivity index (χ3v) is 4.52. The normalized spacial score (nSPS) is 17.4. The molecule has 1 N–H and O–H groups in total. The smallest absolute Gasteiger partial charge is 0.230 e. The highest BCUT2D eigenvalue weighted by atomic mass is 16.2. The van der Waals surface area contributed by atoms with Gasteiger partial charge in [0.1, 0.15) is 11.6 Å². The maximum Gasteiger partial charge on any atom is 0.230 e. The van der Waals surface area contributed by atoms with Crippen LogP contribution in [0.25, 0.3) is 10.9 Å². The summed E-state index contributed by atoms with van der Waals surface area (Å²) in [6, 6.07) is 11.7. The van der Waals surface area contributed by atoms with Crippen molar-refractivity contribution in [3.63, 3.8) is 0 Å². The molecule has 0 bridgehead atoms. The molecule has 2 aromatic heterocycles. The minimum absolute atomic E-state index is 0.0105. The van der Waals surface area contributed by atoms with Gasteiger partial charge in [0.05, 0.1) is 17.6 Å². The number of anilines is 2. The number of hydrogen-bond acceptors (Lipinski definition) is 5. The number of nitrogens with zero attached hydrogens (tertiary/aromatic N) is 4. The number of fused-ring (bicyclic) bond motifs is 1. The van der Waals surface area contributed by atoms with E-state index in [2.05, 4.69) is 25.2 Å². The fourth-order valence-electron chi connectivity index (χ4n) is 3.22. The predicted octanol–water partition coefficient (Wildman–Crippen LogP) is 2.88. The van der Waals surface area contributed by atoms with Gasteiger partial charge in [0.2, 0.25) is 5.91 Å². The van der Waals surface area contributed by atoms with Crippen molar-refractivity contribution in [2.75, 3.05) is 23.3 Å². The van der Waals surface area contributed by atoms with Crippen LogP contribution >= 0.6 is 0 Å². The first-order valence-electron chi connectivity index (χ1n) is 8.47. The molecule has 1 fully saturated rings. The van der Waals surface area contributed by atoms with Crippen LogP contribution in [0.2, 0.25) is 0 Å². The highest BCUT2D eigenvalue weighted by Crippen LogP contribution is 2.22. The number of para-hydroxylation sites is 1. The second kappa shape index (κ2) is 6.84. The minimum Gasteiger partial charge on any atom is -0.355 e. The number of rotatable bonds is 3. The van der Waals surface area contributed by atoms with Gasteiger partial charge in [-0.25, -0.2) is 9.97 Å². The van der Waals surface area contributed by atoms with E-state index in [0.29, 0.717) is 12.4 Å². The largest absolute Gasteiger partial charge is 0.355 e. The Labute approximate surface area is 145 Å². The maximum absolute atomic E-state index is 12.7. The van der Waals surface area contributed by atoms with Crippen molar-refractivity contribution in [1.29, 1.82) is 0 Å². The number of amides is 1. The number of aromatic nitrogens is 3. The van der Waals surface area contributed by atoms with Crippen LogP contribution in [0.3, 0.4) is 0 Å². The Morgan fingerprint density at radius 1 is 1.16 bits per heavy atom. The third-order valence-electron chi connectivity index (χ3n) is 4.52. The van der Waals surface area contributed by atoms with E-state index in [-0.39, 0.29) is 11.8 Å². The molecule has 0 saturated carbocycles.